The Morgan fingerprint density at radius 2 is 1.92 bits per heavy atom. The topological polar surface area (TPSA) is 47.4 Å². The van der Waals surface area contributed by atoms with E-state index in [1.807, 2.05) is 42.5 Å². The summed E-state index contributed by atoms with van der Waals surface area (Å²) in [4.78, 5) is 14.6. The van der Waals surface area contributed by atoms with Gasteiger partial charge >= 0.3 is 0 Å². The van der Waals surface area contributed by atoms with Gasteiger partial charge in [-0.15, -0.1) is 0 Å². The lowest BCUT2D eigenvalue weighted by Gasteiger charge is -2.16. The van der Waals surface area contributed by atoms with Crippen molar-refractivity contribution in [3.8, 4) is 16.9 Å². The first-order chi connectivity index (χ1) is 12.2. The molecule has 3 aromatic rings. The van der Waals surface area contributed by atoms with Crippen LogP contribution in [0.1, 0.15) is 21.5 Å². The summed E-state index contributed by atoms with van der Waals surface area (Å²) >= 11 is 0. The van der Waals surface area contributed by atoms with E-state index in [0.29, 0.717) is 24.4 Å². The standard InChI is InChI=1S/C20H19N3O2/c1-22-12-17(10-21-22)15-8-6-14(7-9-15)11-23-13-16-4-3-5-18(25-2)19(16)20(23)24/h3-10,12H,11,13H2,1-2H3. The minimum atomic E-state index is 0.0313. The van der Waals surface area contributed by atoms with Crippen LogP contribution < -0.4 is 4.74 Å². The van der Waals surface area contributed by atoms with E-state index < -0.39 is 0 Å². The number of nitrogens with zero attached hydrogens (tertiary/aromatic N) is 3. The van der Waals surface area contributed by atoms with Gasteiger partial charge in [0.05, 0.1) is 18.9 Å². The van der Waals surface area contributed by atoms with Gasteiger partial charge in [-0.05, 0) is 22.8 Å². The number of methoxy groups -OCH3 is 1. The molecule has 5 nitrogen and oxygen atoms in total. The first kappa shape index (κ1) is 15.4. The third-order valence-electron chi connectivity index (χ3n) is 4.56. The summed E-state index contributed by atoms with van der Waals surface area (Å²) < 4.78 is 7.13. The number of aromatic nitrogens is 2. The van der Waals surface area contributed by atoms with E-state index in [-0.39, 0.29) is 5.91 Å². The number of amides is 1. The van der Waals surface area contributed by atoms with E-state index >= 15 is 0 Å². The molecule has 1 aromatic heterocycles. The first-order valence-electron chi connectivity index (χ1n) is 8.19. The number of hydrogen-bond acceptors (Lipinski definition) is 3. The minimum Gasteiger partial charge on any atom is -0.496 e. The lowest BCUT2D eigenvalue weighted by molar-refractivity contribution is 0.0764. The molecule has 0 aliphatic carbocycles. The summed E-state index contributed by atoms with van der Waals surface area (Å²) in [7, 11) is 3.51. The van der Waals surface area contributed by atoms with Gasteiger partial charge in [0.25, 0.3) is 5.91 Å². The van der Waals surface area contributed by atoms with E-state index in [1.54, 1.807) is 11.8 Å². The molecule has 0 fully saturated rings. The van der Waals surface area contributed by atoms with Gasteiger partial charge in [0.15, 0.2) is 0 Å². The zero-order chi connectivity index (χ0) is 17.4. The van der Waals surface area contributed by atoms with Crippen LogP contribution in [0.2, 0.25) is 0 Å². The SMILES string of the molecule is COc1cccc2c1C(=O)N(Cc1ccc(-c3cnn(C)c3)cc1)C2. The fourth-order valence-electron chi connectivity index (χ4n) is 3.28. The van der Waals surface area contributed by atoms with Crippen molar-refractivity contribution < 1.29 is 9.53 Å². The third-order valence-corrected chi connectivity index (χ3v) is 4.56. The first-order valence-corrected chi connectivity index (χ1v) is 8.19. The molecule has 0 radical (unpaired) electrons. The molecule has 126 valence electrons. The Morgan fingerprint density at radius 3 is 2.60 bits per heavy atom. The molecule has 0 atom stereocenters. The van der Waals surface area contributed by atoms with Gasteiger partial charge in [0, 0.05) is 31.9 Å². The molecule has 0 N–H and O–H groups in total. The summed E-state index contributed by atoms with van der Waals surface area (Å²) in [5.74, 6) is 0.681. The number of hydrogen-bond donors (Lipinski definition) is 0. The van der Waals surface area contributed by atoms with Gasteiger partial charge in [-0.3, -0.25) is 9.48 Å². The summed E-state index contributed by atoms with van der Waals surface area (Å²) in [6.45, 7) is 1.21. The Kier molecular flexibility index (Phi) is 3.76. The van der Waals surface area contributed by atoms with Crippen molar-refractivity contribution in [1.82, 2.24) is 14.7 Å². The number of carbonyl (C=O) groups is 1. The fraction of sp³-hybridized carbons (Fsp3) is 0.200. The summed E-state index contributed by atoms with van der Waals surface area (Å²) in [5, 5.41) is 4.20. The van der Waals surface area contributed by atoms with Crippen molar-refractivity contribution in [2.24, 2.45) is 7.05 Å². The molecule has 1 amide bonds. The van der Waals surface area contributed by atoms with Crippen molar-refractivity contribution in [1.29, 1.82) is 0 Å². The molecule has 0 saturated heterocycles. The lowest BCUT2D eigenvalue weighted by atomic mass is 10.1. The second-order valence-electron chi connectivity index (χ2n) is 6.26. The molecular formula is C20H19N3O2. The number of aryl methyl sites for hydroxylation is 1. The second-order valence-corrected chi connectivity index (χ2v) is 6.26. The predicted molar refractivity (Wildman–Crippen MR) is 95.2 cm³/mol. The van der Waals surface area contributed by atoms with Gasteiger partial charge in [-0.2, -0.15) is 5.10 Å². The maximum absolute atomic E-state index is 12.7. The van der Waals surface area contributed by atoms with Crippen LogP contribution in [0.25, 0.3) is 11.1 Å². The Morgan fingerprint density at radius 1 is 1.12 bits per heavy atom. The van der Waals surface area contributed by atoms with Crippen LogP contribution in [0.3, 0.4) is 0 Å². The van der Waals surface area contributed by atoms with Crippen LogP contribution in [0, 0.1) is 0 Å². The molecule has 0 saturated carbocycles. The van der Waals surface area contributed by atoms with E-state index in [1.165, 1.54) is 0 Å². The highest BCUT2D eigenvalue weighted by molar-refractivity contribution is 6.00. The Balaban J connectivity index is 1.53. The smallest absolute Gasteiger partial charge is 0.258 e. The quantitative estimate of drug-likeness (QED) is 0.736. The van der Waals surface area contributed by atoms with Crippen molar-refractivity contribution in [3.63, 3.8) is 0 Å². The number of fused-ring (bicyclic) bond motifs is 1. The molecular weight excluding hydrogens is 314 g/mol. The van der Waals surface area contributed by atoms with Crippen LogP contribution in [-0.2, 0) is 20.1 Å². The zero-order valence-electron chi connectivity index (χ0n) is 14.3. The van der Waals surface area contributed by atoms with E-state index in [0.717, 1.165) is 22.3 Å². The number of ether oxygens (including phenoxy) is 1. The van der Waals surface area contributed by atoms with Gasteiger partial charge in [-0.25, -0.2) is 0 Å². The lowest BCUT2D eigenvalue weighted by Crippen LogP contribution is -2.23. The summed E-state index contributed by atoms with van der Waals surface area (Å²) in [6.07, 6.45) is 3.84. The predicted octanol–water partition coefficient (Wildman–Crippen LogP) is 3.25. The average Bonchev–Trinajstić information content (AvgIpc) is 3.20. The van der Waals surface area contributed by atoms with Crippen LogP contribution in [-0.4, -0.2) is 27.7 Å². The maximum atomic E-state index is 12.7. The number of rotatable bonds is 4. The third kappa shape index (κ3) is 2.78. The largest absolute Gasteiger partial charge is 0.496 e. The van der Waals surface area contributed by atoms with Crippen molar-refractivity contribution in [2.75, 3.05) is 7.11 Å². The molecule has 4 rings (SSSR count). The number of carbonyl (C=O) groups excluding carboxylic acids is 1. The molecule has 1 aliphatic heterocycles. The summed E-state index contributed by atoms with van der Waals surface area (Å²) in [6, 6.07) is 14.0. The Hall–Kier alpha value is -3.08. The highest BCUT2D eigenvalue weighted by atomic mass is 16.5. The molecule has 5 heteroatoms. The van der Waals surface area contributed by atoms with Gasteiger partial charge in [0.2, 0.25) is 0 Å². The molecule has 0 bridgehead atoms. The van der Waals surface area contributed by atoms with Crippen molar-refractivity contribution >= 4 is 5.91 Å². The van der Waals surface area contributed by atoms with Crippen molar-refractivity contribution in [3.05, 3.63) is 71.5 Å². The van der Waals surface area contributed by atoms with E-state index in [9.17, 15) is 4.79 Å². The zero-order valence-corrected chi connectivity index (χ0v) is 14.3. The second kappa shape index (κ2) is 6.09. The molecule has 2 heterocycles. The number of benzene rings is 2. The van der Waals surface area contributed by atoms with E-state index in [2.05, 4.69) is 29.4 Å². The Bertz CT molecular complexity index is 928. The normalized spacial score (nSPS) is 13.2. The maximum Gasteiger partial charge on any atom is 0.258 e. The highest BCUT2D eigenvalue weighted by Crippen LogP contribution is 2.31. The molecule has 2 aromatic carbocycles. The Labute approximate surface area is 146 Å². The van der Waals surface area contributed by atoms with E-state index in [4.69, 9.17) is 4.74 Å². The minimum absolute atomic E-state index is 0.0313. The monoisotopic (exact) mass is 333 g/mol. The van der Waals surface area contributed by atoms with Crippen LogP contribution in [0.4, 0.5) is 0 Å². The summed E-state index contributed by atoms with van der Waals surface area (Å²) in [5.41, 5.74) is 5.03. The fourth-order valence-corrected chi connectivity index (χ4v) is 3.28. The van der Waals surface area contributed by atoms with Gasteiger partial charge < -0.3 is 9.64 Å². The average molecular weight is 333 g/mol. The highest BCUT2D eigenvalue weighted by Gasteiger charge is 2.30. The molecule has 0 spiro atoms. The molecule has 1 aliphatic rings. The molecule has 25 heavy (non-hydrogen) atoms. The van der Waals surface area contributed by atoms with Crippen molar-refractivity contribution in [2.45, 2.75) is 13.1 Å². The molecule has 0 unspecified atom stereocenters. The van der Waals surface area contributed by atoms with Crippen LogP contribution in [0.15, 0.2) is 54.9 Å². The van der Waals surface area contributed by atoms with Gasteiger partial charge in [0.1, 0.15) is 5.75 Å². The van der Waals surface area contributed by atoms with Crippen LogP contribution in [0.5, 0.6) is 5.75 Å². The van der Waals surface area contributed by atoms with Crippen LogP contribution >= 0.6 is 0 Å². The van der Waals surface area contributed by atoms with Gasteiger partial charge in [-0.1, -0.05) is 36.4 Å².